The number of hydrogen-bond donors (Lipinski definition) is 1. The Morgan fingerprint density at radius 3 is 3.00 bits per heavy atom. The predicted octanol–water partition coefficient (Wildman–Crippen LogP) is -0.458. The first-order valence-corrected chi connectivity index (χ1v) is 5.08. The smallest absolute Gasteiger partial charge is 0.227 e. The van der Waals surface area contributed by atoms with E-state index in [0.29, 0.717) is 18.0 Å². The Balaban J connectivity index is 2.41. The van der Waals surface area contributed by atoms with Gasteiger partial charge in [0.05, 0.1) is 6.20 Å². The first-order chi connectivity index (χ1) is 7.63. The largest absolute Gasteiger partial charge is 0.340 e. The van der Waals surface area contributed by atoms with Gasteiger partial charge in [0, 0.05) is 26.7 Å². The van der Waals surface area contributed by atoms with E-state index in [-0.39, 0.29) is 6.04 Å². The summed E-state index contributed by atoms with van der Waals surface area (Å²) in [6.45, 7) is 2.58. The monoisotopic (exact) mass is 221 g/mol. The van der Waals surface area contributed by atoms with Gasteiger partial charge in [0.1, 0.15) is 0 Å². The first-order valence-electron chi connectivity index (χ1n) is 5.08. The number of aryl methyl sites for hydroxylation is 1. The highest BCUT2D eigenvalue weighted by atomic mass is 15.4. The Morgan fingerprint density at radius 1 is 1.56 bits per heavy atom. The van der Waals surface area contributed by atoms with Crippen LogP contribution in [0.2, 0.25) is 0 Å². The van der Waals surface area contributed by atoms with Crippen LogP contribution in [0.4, 0.5) is 5.95 Å². The summed E-state index contributed by atoms with van der Waals surface area (Å²) >= 11 is 0. The lowest BCUT2D eigenvalue weighted by Crippen LogP contribution is -2.36. The maximum atomic E-state index is 5.61. The number of likely N-dealkylation sites (N-methyl/N-ethyl adjacent to an activating group) is 1. The van der Waals surface area contributed by atoms with Crippen molar-refractivity contribution in [1.29, 1.82) is 0 Å². The second-order valence-corrected chi connectivity index (χ2v) is 3.79. The highest BCUT2D eigenvalue weighted by Gasteiger charge is 2.13. The van der Waals surface area contributed by atoms with Crippen LogP contribution in [0.3, 0.4) is 0 Å². The molecule has 0 radical (unpaired) electrons. The summed E-state index contributed by atoms with van der Waals surface area (Å²) in [5.41, 5.74) is 7.02. The molecule has 0 saturated carbocycles. The lowest BCUT2D eigenvalue weighted by atomic mass is 10.3. The van der Waals surface area contributed by atoms with E-state index in [0.717, 1.165) is 5.65 Å². The maximum absolute atomic E-state index is 5.61. The lowest BCUT2D eigenvalue weighted by molar-refractivity contribution is 0.676. The molecule has 0 saturated heterocycles. The SMILES string of the molecule is CC(CN)N(C)c1ncc2nnn(C)c2n1. The summed E-state index contributed by atoms with van der Waals surface area (Å²) in [5, 5.41) is 7.81. The molecule has 2 heterocycles. The average molecular weight is 221 g/mol. The first kappa shape index (κ1) is 10.7. The number of nitrogens with two attached hydrogens (primary N) is 1. The van der Waals surface area contributed by atoms with Gasteiger partial charge in [0.25, 0.3) is 0 Å². The highest BCUT2D eigenvalue weighted by molar-refractivity contribution is 5.69. The summed E-state index contributed by atoms with van der Waals surface area (Å²) in [7, 11) is 3.72. The van der Waals surface area contributed by atoms with Crippen molar-refractivity contribution in [1.82, 2.24) is 25.0 Å². The van der Waals surface area contributed by atoms with Crippen molar-refractivity contribution in [3.63, 3.8) is 0 Å². The summed E-state index contributed by atoms with van der Waals surface area (Å²) in [4.78, 5) is 10.6. The van der Waals surface area contributed by atoms with E-state index in [1.54, 1.807) is 17.9 Å². The third kappa shape index (κ3) is 1.69. The Labute approximate surface area is 93.3 Å². The summed E-state index contributed by atoms with van der Waals surface area (Å²) in [5.74, 6) is 0.635. The molecule has 0 aliphatic carbocycles. The Morgan fingerprint density at radius 2 is 2.31 bits per heavy atom. The Kier molecular flexibility index (Phi) is 2.69. The minimum absolute atomic E-state index is 0.193. The van der Waals surface area contributed by atoms with Crippen molar-refractivity contribution in [2.45, 2.75) is 13.0 Å². The van der Waals surface area contributed by atoms with Crippen LogP contribution < -0.4 is 10.6 Å². The van der Waals surface area contributed by atoms with Gasteiger partial charge in [-0.15, -0.1) is 5.10 Å². The van der Waals surface area contributed by atoms with Crippen LogP contribution in [0.15, 0.2) is 6.20 Å². The van der Waals surface area contributed by atoms with Crippen LogP contribution in [0.25, 0.3) is 11.2 Å². The highest BCUT2D eigenvalue weighted by Crippen LogP contribution is 2.12. The number of rotatable bonds is 3. The molecule has 0 bridgehead atoms. The number of fused-ring (bicyclic) bond motifs is 1. The summed E-state index contributed by atoms with van der Waals surface area (Å²) < 4.78 is 1.63. The van der Waals surface area contributed by atoms with E-state index >= 15 is 0 Å². The quantitative estimate of drug-likeness (QED) is 0.755. The molecular formula is C9H15N7. The second-order valence-electron chi connectivity index (χ2n) is 3.79. The maximum Gasteiger partial charge on any atom is 0.227 e. The van der Waals surface area contributed by atoms with Crippen LogP contribution in [-0.4, -0.2) is 44.6 Å². The van der Waals surface area contributed by atoms with Crippen molar-refractivity contribution < 1.29 is 0 Å². The van der Waals surface area contributed by atoms with Gasteiger partial charge in [0.15, 0.2) is 11.2 Å². The normalized spacial score (nSPS) is 13.0. The average Bonchev–Trinajstić information content (AvgIpc) is 2.68. The van der Waals surface area contributed by atoms with E-state index in [4.69, 9.17) is 5.73 Å². The van der Waals surface area contributed by atoms with E-state index in [9.17, 15) is 0 Å². The molecule has 0 spiro atoms. The number of hydrogen-bond acceptors (Lipinski definition) is 6. The molecule has 86 valence electrons. The van der Waals surface area contributed by atoms with Crippen LogP contribution in [0.5, 0.6) is 0 Å². The van der Waals surface area contributed by atoms with E-state index in [2.05, 4.69) is 20.3 Å². The van der Waals surface area contributed by atoms with Crippen LogP contribution in [-0.2, 0) is 7.05 Å². The summed E-state index contributed by atoms with van der Waals surface area (Å²) in [6, 6.07) is 0.193. The van der Waals surface area contributed by atoms with Crippen molar-refractivity contribution in [3.8, 4) is 0 Å². The number of aromatic nitrogens is 5. The third-order valence-electron chi connectivity index (χ3n) is 2.65. The predicted molar refractivity (Wildman–Crippen MR) is 61.0 cm³/mol. The molecule has 7 heteroatoms. The van der Waals surface area contributed by atoms with Gasteiger partial charge in [-0.1, -0.05) is 5.21 Å². The fourth-order valence-electron chi connectivity index (χ4n) is 1.35. The molecule has 0 aliphatic rings. The van der Waals surface area contributed by atoms with Gasteiger partial charge in [-0.3, -0.25) is 0 Å². The molecule has 0 amide bonds. The molecule has 7 nitrogen and oxygen atoms in total. The fraction of sp³-hybridized carbons (Fsp3) is 0.556. The molecule has 1 unspecified atom stereocenters. The summed E-state index contributed by atoms with van der Waals surface area (Å²) in [6.07, 6.45) is 1.67. The topological polar surface area (TPSA) is 85.8 Å². The van der Waals surface area contributed by atoms with E-state index < -0.39 is 0 Å². The van der Waals surface area contributed by atoms with Crippen LogP contribution in [0.1, 0.15) is 6.92 Å². The van der Waals surface area contributed by atoms with Gasteiger partial charge in [0.2, 0.25) is 5.95 Å². The van der Waals surface area contributed by atoms with Crippen LogP contribution >= 0.6 is 0 Å². The second kappa shape index (κ2) is 4.01. The molecule has 2 rings (SSSR count). The Hall–Kier alpha value is -1.76. The van der Waals surface area contributed by atoms with Crippen LogP contribution in [0, 0.1) is 0 Å². The molecular weight excluding hydrogens is 206 g/mol. The van der Waals surface area contributed by atoms with Gasteiger partial charge in [-0.2, -0.15) is 4.98 Å². The van der Waals surface area contributed by atoms with Gasteiger partial charge in [-0.25, -0.2) is 9.67 Å². The zero-order valence-corrected chi connectivity index (χ0v) is 9.62. The minimum Gasteiger partial charge on any atom is -0.340 e. The van der Waals surface area contributed by atoms with Gasteiger partial charge >= 0.3 is 0 Å². The molecule has 1 atom stereocenters. The Bertz CT molecular complexity index is 492. The van der Waals surface area contributed by atoms with Crippen molar-refractivity contribution >= 4 is 17.1 Å². The van der Waals surface area contributed by atoms with Gasteiger partial charge in [-0.05, 0) is 6.92 Å². The zero-order chi connectivity index (χ0) is 11.7. The van der Waals surface area contributed by atoms with Crippen molar-refractivity contribution in [2.75, 3.05) is 18.5 Å². The minimum atomic E-state index is 0.193. The molecule has 2 N–H and O–H groups in total. The molecule has 0 aromatic carbocycles. The molecule has 0 fully saturated rings. The van der Waals surface area contributed by atoms with Gasteiger partial charge < -0.3 is 10.6 Å². The van der Waals surface area contributed by atoms with E-state index in [1.807, 2.05) is 18.9 Å². The number of nitrogens with zero attached hydrogens (tertiary/aromatic N) is 6. The van der Waals surface area contributed by atoms with Crippen molar-refractivity contribution in [2.24, 2.45) is 12.8 Å². The fourth-order valence-corrected chi connectivity index (χ4v) is 1.35. The van der Waals surface area contributed by atoms with E-state index in [1.165, 1.54) is 0 Å². The molecule has 2 aromatic heterocycles. The standard InChI is InChI=1S/C9H15N7/c1-6(4-10)15(2)9-11-5-7-8(12-9)16(3)14-13-7/h5-6H,4,10H2,1-3H3. The molecule has 16 heavy (non-hydrogen) atoms. The third-order valence-corrected chi connectivity index (χ3v) is 2.65. The lowest BCUT2D eigenvalue weighted by Gasteiger charge is -2.23. The molecule has 2 aromatic rings. The molecule has 0 aliphatic heterocycles. The zero-order valence-electron chi connectivity index (χ0n) is 9.62. The number of anilines is 1. The van der Waals surface area contributed by atoms with Crippen molar-refractivity contribution in [3.05, 3.63) is 6.20 Å².